The van der Waals surface area contributed by atoms with Crippen LogP contribution in [0.3, 0.4) is 0 Å². The van der Waals surface area contributed by atoms with Gasteiger partial charge in [-0.25, -0.2) is 29.9 Å². The van der Waals surface area contributed by atoms with Crippen LogP contribution in [-0.2, 0) is 0 Å². The van der Waals surface area contributed by atoms with Gasteiger partial charge in [0, 0.05) is 96.0 Å². The lowest BCUT2D eigenvalue weighted by Gasteiger charge is -2.29. The highest BCUT2D eigenvalue weighted by atomic mass is 15.3. The van der Waals surface area contributed by atoms with Crippen molar-refractivity contribution in [1.29, 1.82) is 0 Å². The number of hydrogen-bond acceptors (Lipinski definition) is 10. The van der Waals surface area contributed by atoms with E-state index in [9.17, 15) is 0 Å². The molecule has 0 amide bonds. The number of rotatable bonds is 18. The van der Waals surface area contributed by atoms with Crippen LogP contribution < -0.4 is 19.6 Å². The highest BCUT2D eigenvalue weighted by Crippen LogP contribution is 2.49. The maximum Gasteiger partial charge on any atom is 0.235 e. The molecule has 0 aliphatic rings. The van der Waals surface area contributed by atoms with Gasteiger partial charge in [0.25, 0.3) is 0 Å². The fourth-order valence-electron chi connectivity index (χ4n) is 16.4. The Morgan fingerprint density at radius 2 is 0.526 bits per heavy atom. The van der Waals surface area contributed by atoms with Crippen LogP contribution in [0.4, 0.5) is 68.8 Å². The summed E-state index contributed by atoms with van der Waals surface area (Å²) in [6.45, 7) is 0. The van der Waals surface area contributed by atoms with E-state index in [-0.39, 0.29) is 5.82 Å². The Hall–Kier alpha value is -15.9. The van der Waals surface area contributed by atoms with E-state index in [1.807, 2.05) is 42.5 Å². The van der Waals surface area contributed by atoms with E-state index in [0.717, 1.165) is 150 Å². The first-order valence-corrected chi connectivity index (χ1v) is 38.9. The summed E-state index contributed by atoms with van der Waals surface area (Å²) < 4.78 is 4.76. The molecule has 0 unspecified atom stereocenters. The number of anilines is 12. The SMILES string of the molecule is c1ccc(N(c2ccccc2)c2cc(N(c3ccccc3)c3ccccc3)nc(-c3nc(N(c4ccccc4)c4ccccc4)cc(N(c4ccccc4)c4ccc(-c5cc6c7ccccc7n(-c7nc(-c8ccc9ccccc9c8)cc(-c8ccc9ccccc9c8)n7)c6c6c5c5ccccc5n6-c5ccccc5)cc4)n3)n2)cc1. The molecule has 0 radical (unpaired) electrons. The second-order valence-corrected chi connectivity index (χ2v) is 28.7. The van der Waals surface area contributed by atoms with E-state index < -0.39 is 0 Å². The summed E-state index contributed by atoms with van der Waals surface area (Å²) in [6, 6.07) is 149. The average Bonchev–Trinajstić information content (AvgIpc) is 1.52. The van der Waals surface area contributed by atoms with E-state index in [2.05, 4.69) is 411 Å². The molecule has 12 heteroatoms. The number of nitrogens with zero attached hydrogens (tertiary/aromatic N) is 12. The maximum absolute atomic E-state index is 5.78. The molecule has 546 valence electrons. The molecular formula is C104H70N12. The van der Waals surface area contributed by atoms with Gasteiger partial charge in [-0.05, 0) is 178 Å². The Balaban J connectivity index is 0.793. The summed E-state index contributed by atoms with van der Waals surface area (Å²) in [4.78, 5) is 42.9. The zero-order chi connectivity index (χ0) is 76.8. The average molecular weight is 1490 g/mol. The smallest absolute Gasteiger partial charge is 0.235 e. The minimum Gasteiger partial charge on any atom is -0.307 e. The van der Waals surface area contributed by atoms with Crippen LogP contribution in [-0.4, -0.2) is 39.0 Å². The fourth-order valence-corrected chi connectivity index (χ4v) is 16.4. The molecule has 21 rings (SSSR count). The number of benzene rings is 16. The lowest BCUT2D eigenvalue weighted by atomic mass is 9.96. The van der Waals surface area contributed by atoms with Crippen molar-refractivity contribution in [2.45, 2.75) is 0 Å². The molecule has 0 N–H and O–H groups in total. The molecule has 0 aliphatic heterocycles. The summed E-state index contributed by atoms with van der Waals surface area (Å²) in [5.41, 5.74) is 17.9. The molecule has 0 bridgehead atoms. The fraction of sp³-hybridized carbons (Fsp3) is 0. The van der Waals surface area contributed by atoms with Crippen LogP contribution in [0.15, 0.2) is 425 Å². The van der Waals surface area contributed by atoms with E-state index >= 15 is 0 Å². The molecule has 21 aromatic rings. The predicted octanol–water partition coefficient (Wildman–Crippen LogP) is 27.1. The third-order valence-corrected chi connectivity index (χ3v) is 21.6. The molecule has 0 atom stereocenters. The van der Waals surface area contributed by atoms with Gasteiger partial charge in [-0.1, -0.05) is 267 Å². The van der Waals surface area contributed by atoms with Crippen molar-refractivity contribution in [1.82, 2.24) is 39.0 Å². The monoisotopic (exact) mass is 1490 g/mol. The van der Waals surface area contributed by atoms with Crippen LogP contribution >= 0.6 is 0 Å². The van der Waals surface area contributed by atoms with Crippen molar-refractivity contribution in [2.24, 2.45) is 0 Å². The molecule has 12 nitrogen and oxygen atoms in total. The highest BCUT2D eigenvalue weighted by molar-refractivity contribution is 6.28. The lowest BCUT2D eigenvalue weighted by molar-refractivity contribution is 0.995. The summed E-state index contributed by atoms with van der Waals surface area (Å²) in [5, 5.41) is 8.89. The number of aromatic nitrogens is 8. The van der Waals surface area contributed by atoms with Crippen LogP contribution in [0.25, 0.3) is 122 Å². The first-order valence-electron chi connectivity index (χ1n) is 38.9. The first kappa shape index (κ1) is 68.1. The third kappa shape index (κ3) is 12.5. The number of para-hydroxylation sites is 10. The maximum atomic E-state index is 5.78. The molecular weight excluding hydrogens is 1420 g/mol. The van der Waals surface area contributed by atoms with Gasteiger partial charge in [0.05, 0.1) is 33.5 Å². The summed E-state index contributed by atoms with van der Waals surface area (Å²) >= 11 is 0. The topological polar surface area (TPSA) is 100 Å². The normalized spacial score (nSPS) is 11.4. The first-order chi connectivity index (χ1) is 57.5. The Morgan fingerprint density at radius 1 is 0.207 bits per heavy atom. The molecule has 5 heterocycles. The molecule has 0 saturated heterocycles. The standard InChI is InChI=1S/C104H70N12/c1-9-37-78(38-10-1)111(79-39-11-2-12-40-79)95-69-96(112(80-41-13-3-14-42-80)81-43-15-4-16-44-81)108-102(107-95)103-109-97(113(82-45-17-5-18-46-82)83-47-19-6-20-48-83)70-98(110-103)114(84-49-21-7-22-50-84)86-63-61-73(62-64-86)89-67-90-87-53-29-31-55-93(87)116(100(90)101-99(89)88-54-30-32-56-94(88)115(101)85-51-23-8-24-52-85)104-105-91(76-59-57-71-33-25-27-35-74(71)65-76)68-92(106-104)77-60-58-72-34-26-28-36-75(72)66-77/h1-70H. The zero-order valence-corrected chi connectivity index (χ0v) is 62.8. The molecule has 116 heavy (non-hydrogen) atoms. The van der Waals surface area contributed by atoms with Gasteiger partial charge in [0.2, 0.25) is 17.6 Å². The van der Waals surface area contributed by atoms with E-state index in [1.54, 1.807) is 0 Å². The van der Waals surface area contributed by atoms with Crippen LogP contribution in [0.2, 0.25) is 0 Å². The third-order valence-electron chi connectivity index (χ3n) is 21.6. The lowest BCUT2D eigenvalue weighted by Crippen LogP contribution is -2.19. The molecule has 0 saturated carbocycles. The van der Waals surface area contributed by atoms with Gasteiger partial charge in [-0.3, -0.25) is 24.2 Å². The predicted molar refractivity (Wildman–Crippen MR) is 477 cm³/mol. The quantitative estimate of drug-likeness (QED) is 0.0826. The van der Waals surface area contributed by atoms with Crippen molar-refractivity contribution in [2.75, 3.05) is 19.6 Å². The van der Waals surface area contributed by atoms with Gasteiger partial charge in [0.1, 0.15) is 23.3 Å². The molecule has 0 spiro atoms. The van der Waals surface area contributed by atoms with E-state index in [4.69, 9.17) is 29.9 Å². The van der Waals surface area contributed by atoms with Crippen molar-refractivity contribution in [3.05, 3.63) is 425 Å². The van der Waals surface area contributed by atoms with E-state index in [1.165, 1.54) is 0 Å². The molecule has 0 fully saturated rings. The Labute approximate surface area is 670 Å². The van der Waals surface area contributed by atoms with Gasteiger partial charge >= 0.3 is 0 Å². The van der Waals surface area contributed by atoms with Crippen molar-refractivity contribution in [3.8, 4) is 56.9 Å². The van der Waals surface area contributed by atoms with Gasteiger partial charge in [-0.15, -0.1) is 0 Å². The Morgan fingerprint density at radius 3 is 0.922 bits per heavy atom. The molecule has 16 aromatic carbocycles. The second kappa shape index (κ2) is 29.4. The van der Waals surface area contributed by atoms with Crippen molar-refractivity contribution < 1.29 is 0 Å². The summed E-state index contributed by atoms with van der Waals surface area (Å²) in [5.74, 6) is 3.50. The molecule has 0 aliphatic carbocycles. The second-order valence-electron chi connectivity index (χ2n) is 28.7. The van der Waals surface area contributed by atoms with Crippen LogP contribution in [0.5, 0.6) is 0 Å². The Kier molecular flexibility index (Phi) is 17.3. The van der Waals surface area contributed by atoms with Crippen molar-refractivity contribution in [3.63, 3.8) is 0 Å². The van der Waals surface area contributed by atoms with Crippen molar-refractivity contribution >= 4 is 134 Å². The number of fused-ring (bicyclic) bond motifs is 9. The van der Waals surface area contributed by atoms with E-state index in [0.29, 0.717) is 35.0 Å². The van der Waals surface area contributed by atoms with Gasteiger partial charge in [-0.2, -0.15) is 0 Å². The summed E-state index contributed by atoms with van der Waals surface area (Å²) in [7, 11) is 0. The highest BCUT2D eigenvalue weighted by Gasteiger charge is 2.30. The van der Waals surface area contributed by atoms with Crippen LogP contribution in [0, 0.1) is 0 Å². The summed E-state index contributed by atoms with van der Waals surface area (Å²) in [6.07, 6.45) is 0. The zero-order valence-electron chi connectivity index (χ0n) is 62.8. The number of hydrogen-bond donors (Lipinski definition) is 0. The largest absolute Gasteiger partial charge is 0.307 e. The van der Waals surface area contributed by atoms with Gasteiger partial charge < -0.3 is 4.57 Å². The minimum atomic E-state index is 0.289. The minimum absolute atomic E-state index is 0.289. The van der Waals surface area contributed by atoms with Crippen LogP contribution in [0.1, 0.15) is 0 Å². The Bertz CT molecular complexity index is 6880. The van der Waals surface area contributed by atoms with Gasteiger partial charge in [0.15, 0.2) is 0 Å². The molecule has 5 aromatic heterocycles.